The fourth-order valence-electron chi connectivity index (χ4n) is 4.62. The van der Waals surface area contributed by atoms with Crippen molar-refractivity contribution < 1.29 is 0 Å². The first-order valence-electron chi connectivity index (χ1n) is 10.8. The highest BCUT2D eigenvalue weighted by molar-refractivity contribution is 6.30. The van der Waals surface area contributed by atoms with Gasteiger partial charge in [0.15, 0.2) is 5.65 Å². The van der Waals surface area contributed by atoms with Crippen molar-refractivity contribution in [2.75, 3.05) is 11.4 Å². The maximum atomic E-state index is 6.32. The summed E-state index contributed by atoms with van der Waals surface area (Å²) >= 11 is 6.32. The lowest BCUT2D eigenvalue weighted by Gasteiger charge is -2.30. The maximum absolute atomic E-state index is 6.32. The van der Waals surface area contributed by atoms with Gasteiger partial charge in [-0.05, 0) is 41.3 Å². The van der Waals surface area contributed by atoms with E-state index in [0.717, 1.165) is 53.2 Å². The van der Waals surface area contributed by atoms with Crippen molar-refractivity contribution >= 4 is 28.5 Å². The normalized spacial score (nSPS) is 13.3. The molecule has 0 atom stereocenters. The molecule has 0 radical (unpaired) electrons. The first-order chi connectivity index (χ1) is 15.8. The lowest BCUT2D eigenvalue weighted by atomic mass is 9.99. The minimum atomic E-state index is 0.701. The first kappa shape index (κ1) is 19.1. The zero-order valence-corrected chi connectivity index (χ0v) is 18.2. The quantitative estimate of drug-likeness (QED) is 0.332. The number of fused-ring (bicyclic) bond motifs is 2. The van der Waals surface area contributed by atoms with E-state index in [2.05, 4.69) is 70.3 Å². The van der Waals surface area contributed by atoms with Gasteiger partial charge in [-0.25, -0.2) is 9.97 Å². The molecule has 0 saturated carbocycles. The Morgan fingerprint density at radius 3 is 2.47 bits per heavy atom. The van der Waals surface area contributed by atoms with E-state index < -0.39 is 0 Å². The fourth-order valence-corrected chi connectivity index (χ4v) is 4.81. The molecule has 0 bridgehead atoms. The Balaban J connectivity index is 1.57. The molecule has 2 aromatic heterocycles. The highest BCUT2D eigenvalue weighted by atomic mass is 35.5. The maximum Gasteiger partial charge on any atom is 0.150 e. The third-order valence-corrected chi connectivity index (χ3v) is 6.40. The summed E-state index contributed by atoms with van der Waals surface area (Å²) in [4.78, 5) is 11.9. The van der Waals surface area contributed by atoms with Gasteiger partial charge in [-0.3, -0.25) is 0 Å². The number of anilines is 1. The van der Waals surface area contributed by atoms with Crippen LogP contribution in [0.5, 0.6) is 0 Å². The number of aromatic nitrogens is 3. The third-order valence-electron chi connectivity index (χ3n) is 6.16. The van der Waals surface area contributed by atoms with Gasteiger partial charge in [0.2, 0.25) is 0 Å². The van der Waals surface area contributed by atoms with Crippen molar-refractivity contribution in [3.05, 3.63) is 108 Å². The number of benzene rings is 3. The Morgan fingerprint density at radius 2 is 1.62 bits per heavy atom. The number of nitrogens with zero attached hydrogens (tertiary/aromatic N) is 4. The van der Waals surface area contributed by atoms with Crippen molar-refractivity contribution in [3.8, 4) is 16.8 Å². The Hall–Kier alpha value is -3.63. The average molecular weight is 437 g/mol. The molecule has 0 amide bonds. The lowest BCUT2D eigenvalue weighted by molar-refractivity contribution is 0.723. The van der Waals surface area contributed by atoms with Crippen molar-refractivity contribution in [1.82, 2.24) is 14.5 Å². The summed E-state index contributed by atoms with van der Waals surface area (Å²) in [5, 5.41) is 1.77. The summed E-state index contributed by atoms with van der Waals surface area (Å²) in [5.74, 6) is 0.976. The minimum Gasteiger partial charge on any atom is -0.351 e. The van der Waals surface area contributed by atoms with Crippen molar-refractivity contribution in [2.24, 2.45) is 0 Å². The van der Waals surface area contributed by atoms with Gasteiger partial charge >= 0.3 is 0 Å². The Bertz CT molecular complexity index is 1420. The van der Waals surface area contributed by atoms with Crippen LogP contribution in [0.15, 0.2) is 91.4 Å². The molecule has 0 saturated heterocycles. The summed E-state index contributed by atoms with van der Waals surface area (Å²) in [6.45, 7) is 1.78. The summed E-state index contributed by atoms with van der Waals surface area (Å²) in [6.07, 6.45) is 4.84. The number of halogens is 1. The monoisotopic (exact) mass is 436 g/mol. The topological polar surface area (TPSA) is 34.0 Å². The van der Waals surface area contributed by atoms with Gasteiger partial charge in [-0.15, -0.1) is 0 Å². The predicted molar refractivity (Wildman–Crippen MR) is 131 cm³/mol. The molecule has 0 spiro atoms. The Kier molecular flexibility index (Phi) is 4.66. The Morgan fingerprint density at radius 1 is 0.812 bits per heavy atom. The van der Waals surface area contributed by atoms with Gasteiger partial charge in [0, 0.05) is 35.6 Å². The highest BCUT2D eigenvalue weighted by Crippen LogP contribution is 2.38. The summed E-state index contributed by atoms with van der Waals surface area (Å²) in [7, 11) is 0. The Labute approximate surface area is 191 Å². The van der Waals surface area contributed by atoms with Crippen LogP contribution in [0.2, 0.25) is 5.02 Å². The molecule has 5 heteroatoms. The third kappa shape index (κ3) is 3.24. The van der Waals surface area contributed by atoms with E-state index in [-0.39, 0.29) is 0 Å². The smallest absolute Gasteiger partial charge is 0.150 e. The molecule has 0 fully saturated rings. The number of hydrogen-bond donors (Lipinski definition) is 0. The lowest BCUT2D eigenvalue weighted by Crippen LogP contribution is -2.31. The molecule has 3 heterocycles. The first-order valence-corrected chi connectivity index (χ1v) is 11.1. The van der Waals surface area contributed by atoms with Crippen molar-refractivity contribution in [1.29, 1.82) is 0 Å². The molecule has 1 aliphatic rings. The van der Waals surface area contributed by atoms with Gasteiger partial charge in [-0.2, -0.15) is 0 Å². The molecular formula is C27H21ClN4. The van der Waals surface area contributed by atoms with E-state index in [1.165, 1.54) is 11.1 Å². The molecule has 0 unspecified atom stereocenters. The molecule has 5 aromatic rings. The van der Waals surface area contributed by atoms with Crippen LogP contribution in [0.4, 0.5) is 5.82 Å². The standard InChI is InChI=1S/C27H21ClN4/c28-22-11-6-12-23(15-22)32-17-24(20-8-2-1-3-9-20)25-26(29-18-30-27(25)32)31-14-13-19-7-4-5-10-21(19)16-31/h1-12,15,17-18H,13-14,16H2. The zero-order chi connectivity index (χ0) is 21.5. The van der Waals surface area contributed by atoms with E-state index in [1.54, 1.807) is 6.33 Å². The molecule has 0 aliphatic carbocycles. The van der Waals surface area contributed by atoms with Gasteiger partial charge in [-0.1, -0.05) is 72.3 Å². The van der Waals surface area contributed by atoms with Crippen LogP contribution >= 0.6 is 11.6 Å². The molecule has 156 valence electrons. The van der Waals surface area contributed by atoms with Crippen molar-refractivity contribution in [3.63, 3.8) is 0 Å². The van der Waals surface area contributed by atoms with Crippen LogP contribution in [-0.4, -0.2) is 21.1 Å². The molecule has 6 rings (SSSR count). The van der Waals surface area contributed by atoms with Crippen LogP contribution in [0.25, 0.3) is 27.8 Å². The van der Waals surface area contributed by atoms with Gasteiger partial charge in [0.05, 0.1) is 5.39 Å². The summed E-state index contributed by atoms with van der Waals surface area (Å²) < 4.78 is 2.12. The van der Waals surface area contributed by atoms with Crippen LogP contribution in [-0.2, 0) is 13.0 Å². The molecule has 1 aliphatic heterocycles. The second kappa shape index (κ2) is 7.81. The van der Waals surface area contributed by atoms with E-state index >= 15 is 0 Å². The second-order valence-corrected chi connectivity index (χ2v) is 8.53. The van der Waals surface area contributed by atoms with Crippen LogP contribution in [0.3, 0.4) is 0 Å². The van der Waals surface area contributed by atoms with Crippen molar-refractivity contribution in [2.45, 2.75) is 13.0 Å². The fraction of sp³-hybridized carbons (Fsp3) is 0.111. The predicted octanol–water partition coefficient (Wildman–Crippen LogP) is 6.30. The van der Waals surface area contributed by atoms with Gasteiger partial charge in [0.25, 0.3) is 0 Å². The van der Waals surface area contributed by atoms with E-state index in [0.29, 0.717) is 5.02 Å². The van der Waals surface area contributed by atoms with Crippen LogP contribution in [0, 0.1) is 0 Å². The highest BCUT2D eigenvalue weighted by Gasteiger charge is 2.23. The van der Waals surface area contributed by atoms with E-state index in [1.807, 2.05) is 24.3 Å². The van der Waals surface area contributed by atoms with Gasteiger partial charge < -0.3 is 9.47 Å². The zero-order valence-electron chi connectivity index (χ0n) is 17.4. The second-order valence-electron chi connectivity index (χ2n) is 8.09. The minimum absolute atomic E-state index is 0.701. The van der Waals surface area contributed by atoms with E-state index in [9.17, 15) is 0 Å². The summed E-state index contributed by atoms with van der Waals surface area (Å²) in [6, 6.07) is 27.0. The largest absolute Gasteiger partial charge is 0.351 e. The summed E-state index contributed by atoms with van der Waals surface area (Å²) in [5.41, 5.74) is 6.92. The molecule has 3 aromatic carbocycles. The average Bonchev–Trinajstić information content (AvgIpc) is 3.24. The molecule has 32 heavy (non-hydrogen) atoms. The molecule has 0 N–H and O–H groups in total. The van der Waals surface area contributed by atoms with Crippen LogP contribution < -0.4 is 4.90 Å². The van der Waals surface area contributed by atoms with Gasteiger partial charge in [0.1, 0.15) is 12.1 Å². The molecule has 4 nitrogen and oxygen atoms in total. The SMILES string of the molecule is Clc1cccc(-n2cc(-c3ccccc3)c3c(N4CCc5ccccc5C4)ncnc32)c1. The number of rotatable bonds is 3. The number of hydrogen-bond acceptors (Lipinski definition) is 3. The van der Waals surface area contributed by atoms with Crippen LogP contribution in [0.1, 0.15) is 11.1 Å². The molecular weight excluding hydrogens is 416 g/mol. The van der Waals surface area contributed by atoms with E-state index in [4.69, 9.17) is 21.6 Å².